The number of carbonyl (C=O) groups excluding carboxylic acids is 3. The van der Waals surface area contributed by atoms with Gasteiger partial charge in [-0.25, -0.2) is 0 Å². The van der Waals surface area contributed by atoms with Gasteiger partial charge in [0.2, 0.25) is 5.66 Å². The van der Waals surface area contributed by atoms with Crippen molar-refractivity contribution >= 4 is 45.6 Å². The van der Waals surface area contributed by atoms with Crippen molar-refractivity contribution in [3.63, 3.8) is 0 Å². The molecule has 0 aromatic carbocycles. The molecule has 2 aliphatic heterocycles. The molecule has 2 atom stereocenters. The topological polar surface area (TPSA) is 135 Å². The van der Waals surface area contributed by atoms with E-state index in [1.165, 1.54) is 7.11 Å². The quantitative estimate of drug-likeness (QED) is 0.205. The molecule has 2 N–H and O–H groups in total. The molecule has 2 aliphatic rings. The van der Waals surface area contributed by atoms with Gasteiger partial charge < -0.3 is 14.8 Å². The van der Waals surface area contributed by atoms with Crippen LogP contribution in [0.3, 0.4) is 0 Å². The number of nitrogens with one attached hydrogen (secondary N) is 1. The van der Waals surface area contributed by atoms with Crippen LogP contribution in [0.1, 0.15) is 69.8 Å². The number of nitrogens with zero attached hydrogens (tertiary/aromatic N) is 2. The number of carbonyl (C=O) groups is 3. The number of esters is 1. The van der Waals surface area contributed by atoms with E-state index >= 15 is 0 Å². The fraction of sp³-hybridized carbons (Fsp3) is 0.556. The van der Waals surface area contributed by atoms with Crippen LogP contribution < -0.4 is 16.0 Å². The zero-order valence-corrected chi connectivity index (χ0v) is 23.9. The summed E-state index contributed by atoms with van der Waals surface area (Å²) in [7, 11) is -2.94. The number of aromatic nitrogens is 1. The van der Waals surface area contributed by atoms with Crippen LogP contribution in [0.4, 0.5) is 0 Å². The molecular formula is C27H38N3O7S+. The molecule has 0 saturated heterocycles. The molecule has 11 heteroatoms. The van der Waals surface area contributed by atoms with Crippen LogP contribution in [0, 0.1) is 18.8 Å². The van der Waals surface area contributed by atoms with Gasteiger partial charge in [-0.05, 0) is 38.8 Å². The molecule has 1 aromatic heterocycles. The maximum absolute atomic E-state index is 13.6. The summed E-state index contributed by atoms with van der Waals surface area (Å²) in [5, 5.41) is 3.99. The predicted molar refractivity (Wildman–Crippen MR) is 144 cm³/mol. The Labute approximate surface area is 223 Å². The third-order valence-corrected chi connectivity index (χ3v) is 8.38. The SMILES string of the molecule is C/C=C1/[C@@H](C)[C@H](CCC=O)C2=[N+]1C(C)(C)n1c(c(C(=O)NCCS(=O)(=O)O)c(C)/c1=C/C)=C2CC(=O)OC. The van der Waals surface area contributed by atoms with E-state index in [-0.39, 0.29) is 24.8 Å². The lowest BCUT2D eigenvalue weighted by atomic mass is 9.83. The first-order chi connectivity index (χ1) is 17.8. The lowest BCUT2D eigenvalue weighted by molar-refractivity contribution is -0.588. The Morgan fingerprint density at radius 3 is 2.42 bits per heavy atom. The van der Waals surface area contributed by atoms with Crippen molar-refractivity contribution in [3.05, 3.63) is 33.6 Å². The fourth-order valence-corrected chi connectivity index (χ4v) is 6.48. The third-order valence-electron chi connectivity index (χ3n) is 7.66. The molecular weight excluding hydrogens is 510 g/mol. The van der Waals surface area contributed by atoms with Gasteiger partial charge >= 0.3 is 5.97 Å². The van der Waals surface area contributed by atoms with Crippen molar-refractivity contribution < 1.29 is 36.7 Å². The second-order valence-corrected chi connectivity index (χ2v) is 11.8. The molecule has 1 aromatic rings. The number of hydrogen-bond donors (Lipinski definition) is 2. The van der Waals surface area contributed by atoms with E-state index in [1.54, 1.807) is 0 Å². The number of amides is 1. The molecule has 0 saturated carbocycles. The highest BCUT2D eigenvalue weighted by Crippen LogP contribution is 2.42. The van der Waals surface area contributed by atoms with Gasteiger partial charge in [-0.15, -0.1) is 0 Å². The maximum atomic E-state index is 13.6. The number of methoxy groups -OCH3 is 1. The average Bonchev–Trinajstić information content (AvgIpc) is 3.31. The minimum Gasteiger partial charge on any atom is -0.469 e. The molecule has 38 heavy (non-hydrogen) atoms. The summed E-state index contributed by atoms with van der Waals surface area (Å²) in [5.74, 6) is -1.59. The Bertz CT molecular complexity index is 1460. The third kappa shape index (κ3) is 5.01. The van der Waals surface area contributed by atoms with E-state index in [0.29, 0.717) is 34.9 Å². The highest BCUT2D eigenvalue weighted by molar-refractivity contribution is 7.85. The highest BCUT2D eigenvalue weighted by atomic mass is 32.2. The normalized spacial score (nSPS) is 21.9. The lowest BCUT2D eigenvalue weighted by Crippen LogP contribution is -2.55. The molecule has 0 spiro atoms. The van der Waals surface area contributed by atoms with Crippen LogP contribution in [-0.4, -0.2) is 65.4 Å². The first-order valence-corrected chi connectivity index (χ1v) is 14.4. The molecule has 3 heterocycles. The Balaban J connectivity index is 2.46. The Kier molecular flexibility index (Phi) is 8.52. The molecule has 0 bridgehead atoms. The number of allylic oxidation sites excluding steroid dienone is 2. The Morgan fingerprint density at radius 2 is 1.89 bits per heavy atom. The van der Waals surface area contributed by atoms with Gasteiger partial charge in [-0.1, -0.05) is 13.0 Å². The largest absolute Gasteiger partial charge is 0.469 e. The van der Waals surface area contributed by atoms with E-state index in [1.807, 2.05) is 26.8 Å². The zero-order valence-electron chi connectivity index (χ0n) is 23.1. The van der Waals surface area contributed by atoms with Crippen molar-refractivity contribution in [3.8, 4) is 0 Å². The summed E-state index contributed by atoms with van der Waals surface area (Å²) in [4.78, 5) is 37.7. The van der Waals surface area contributed by atoms with E-state index in [4.69, 9.17) is 9.29 Å². The number of hydrogen-bond acceptors (Lipinski definition) is 6. The van der Waals surface area contributed by atoms with Gasteiger partial charge in [0.05, 0.1) is 47.6 Å². The van der Waals surface area contributed by atoms with E-state index in [2.05, 4.69) is 41.3 Å². The summed E-state index contributed by atoms with van der Waals surface area (Å²) in [6, 6.07) is 0. The standard InChI is InChI=1S/C27H37N3O7S/c1-8-20-16(3)18(11-10-13-31)24-19(15-22(32)37-7)25-23(26(33)28-12-14-38(34,35)36)17(4)21(9-2)30(25)27(5,6)29(20)24/h8-9,13,16,18H,10-12,14-15H2,1-7H3,(H-,28,33,34,35,36)/p+1/b20-8-,21-9-/t16-,18-/m0/s1. The van der Waals surface area contributed by atoms with Crippen molar-refractivity contribution in [1.29, 1.82) is 0 Å². The maximum Gasteiger partial charge on any atom is 0.310 e. The van der Waals surface area contributed by atoms with E-state index < -0.39 is 33.4 Å². The Hall–Kier alpha value is -3.05. The zero-order chi connectivity index (χ0) is 28.6. The lowest BCUT2D eigenvalue weighted by Gasteiger charge is -2.30. The molecule has 3 rings (SSSR count). The van der Waals surface area contributed by atoms with Crippen LogP contribution in [0.2, 0.25) is 0 Å². The monoisotopic (exact) mass is 548 g/mol. The molecule has 0 fully saturated rings. The van der Waals surface area contributed by atoms with Gasteiger partial charge in [0, 0.05) is 32.2 Å². The average molecular weight is 549 g/mol. The first-order valence-electron chi connectivity index (χ1n) is 12.7. The smallest absolute Gasteiger partial charge is 0.310 e. The van der Waals surface area contributed by atoms with E-state index in [9.17, 15) is 22.8 Å². The van der Waals surface area contributed by atoms with Crippen molar-refractivity contribution in [2.75, 3.05) is 19.4 Å². The summed E-state index contributed by atoms with van der Waals surface area (Å²) in [5.41, 5.74) is 2.94. The number of ether oxygens (including phenoxy) is 1. The molecule has 0 unspecified atom stereocenters. The van der Waals surface area contributed by atoms with Crippen molar-refractivity contribution in [2.24, 2.45) is 11.8 Å². The van der Waals surface area contributed by atoms with Crippen LogP contribution in [-0.2, 0) is 30.1 Å². The fourth-order valence-electron chi connectivity index (χ4n) is 6.12. The second kappa shape index (κ2) is 11.0. The van der Waals surface area contributed by atoms with Crippen molar-refractivity contribution in [2.45, 2.75) is 66.5 Å². The molecule has 0 radical (unpaired) electrons. The van der Waals surface area contributed by atoms with Crippen LogP contribution >= 0.6 is 0 Å². The van der Waals surface area contributed by atoms with Crippen LogP contribution in [0.25, 0.3) is 11.6 Å². The molecule has 10 nitrogen and oxygen atoms in total. The van der Waals surface area contributed by atoms with Crippen molar-refractivity contribution in [1.82, 2.24) is 9.88 Å². The molecule has 0 aliphatic carbocycles. The van der Waals surface area contributed by atoms with Gasteiger partial charge in [-0.2, -0.15) is 13.0 Å². The van der Waals surface area contributed by atoms with Gasteiger partial charge in [0.1, 0.15) is 6.29 Å². The van der Waals surface area contributed by atoms with Gasteiger partial charge in [0.25, 0.3) is 16.0 Å². The summed E-state index contributed by atoms with van der Waals surface area (Å²) in [6.45, 7) is 11.6. The van der Waals surface area contributed by atoms with E-state index in [0.717, 1.165) is 23.0 Å². The predicted octanol–water partition coefficient (Wildman–Crippen LogP) is 1.24. The number of rotatable bonds is 9. The molecule has 1 amide bonds. The molecule has 208 valence electrons. The number of fused-ring (bicyclic) bond motifs is 1. The minimum atomic E-state index is -4.26. The Morgan fingerprint density at radius 1 is 1.24 bits per heavy atom. The number of aldehydes is 1. The second-order valence-electron chi connectivity index (χ2n) is 10.2. The van der Waals surface area contributed by atoms with Crippen LogP contribution in [0.5, 0.6) is 0 Å². The summed E-state index contributed by atoms with van der Waals surface area (Å²) >= 11 is 0. The van der Waals surface area contributed by atoms with Gasteiger partial charge in [0.15, 0.2) is 11.4 Å². The van der Waals surface area contributed by atoms with Gasteiger partial charge in [-0.3, -0.25) is 18.7 Å². The first kappa shape index (κ1) is 29.5. The summed E-state index contributed by atoms with van der Waals surface area (Å²) in [6.07, 6.45) is 5.71. The highest BCUT2D eigenvalue weighted by Gasteiger charge is 2.55. The summed E-state index contributed by atoms with van der Waals surface area (Å²) < 4.78 is 40.9. The minimum absolute atomic E-state index is 0.0636. The van der Waals surface area contributed by atoms with Crippen LogP contribution in [0.15, 0.2) is 11.8 Å².